The lowest BCUT2D eigenvalue weighted by atomic mass is 9.93. The van der Waals surface area contributed by atoms with E-state index in [9.17, 15) is 19.2 Å². The molecule has 7 nitrogen and oxygen atoms in total. The summed E-state index contributed by atoms with van der Waals surface area (Å²) >= 11 is 0. The van der Waals surface area contributed by atoms with Gasteiger partial charge in [0, 0.05) is 17.3 Å². The number of benzene rings is 1. The van der Waals surface area contributed by atoms with Gasteiger partial charge in [-0.25, -0.2) is 4.79 Å². The second-order valence-corrected chi connectivity index (χ2v) is 8.08. The van der Waals surface area contributed by atoms with Crippen molar-refractivity contribution in [2.24, 2.45) is 0 Å². The Morgan fingerprint density at radius 1 is 1.10 bits per heavy atom. The van der Waals surface area contributed by atoms with Crippen LogP contribution in [-0.4, -0.2) is 26.6 Å². The number of H-pyrrole nitrogens is 1. The molecule has 0 fully saturated rings. The quantitative estimate of drug-likeness (QED) is 0.505. The molecule has 0 aliphatic heterocycles. The second-order valence-electron chi connectivity index (χ2n) is 8.08. The minimum absolute atomic E-state index is 0.0154. The Labute approximate surface area is 179 Å². The highest BCUT2D eigenvalue weighted by Gasteiger charge is 2.28. The van der Waals surface area contributed by atoms with Gasteiger partial charge in [0.1, 0.15) is 11.4 Å². The van der Waals surface area contributed by atoms with Gasteiger partial charge in [0.25, 0.3) is 5.56 Å². The first-order valence-electron chi connectivity index (χ1n) is 10.0. The maximum absolute atomic E-state index is 13.8. The van der Waals surface area contributed by atoms with E-state index in [2.05, 4.69) is 9.97 Å². The van der Waals surface area contributed by atoms with Crippen LogP contribution in [0.2, 0.25) is 0 Å². The van der Waals surface area contributed by atoms with Crippen molar-refractivity contribution < 1.29 is 9.59 Å². The lowest BCUT2D eigenvalue weighted by Gasteiger charge is -2.20. The number of aldehydes is 1. The van der Waals surface area contributed by atoms with Crippen LogP contribution in [0.4, 0.5) is 0 Å². The molecule has 7 heteroatoms. The van der Waals surface area contributed by atoms with Gasteiger partial charge in [0.05, 0.1) is 5.69 Å². The van der Waals surface area contributed by atoms with Crippen LogP contribution in [0, 0.1) is 27.7 Å². The zero-order valence-electron chi connectivity index (χ0n) is 18.5. The molecular formula is C24H25N3O4. The fourth-order valence-corrected chi connectivity index (χ4v) is 3.79. The first-order chi connectivity index (χ1) is 14.6. The van der Waals surface area contributed by atoms with E-state index >= 15 is 0 Å². The van der Waals surface area contributed by atoms with Crippen LogP contribution < -0.4 is 11.2 Å². The minimum atomic E-state index is -0.791. The van der Waals surface area contributed by atoms with Crippen molar-refractivity contribution in [3.63, 3.8) is 0 Å². The molecule has 1 N–H and O–H groups in total. The zero-order valence-corrected chi connectivity index (χ0v) is 18.5. The molecule has 0 atom stereocenters. The van der Waals surface area contributed by atoms with E-state index in [1.807, 2.05) is 13.0 Å². The molecule has 2 aromatic heterocycles. The standard InChI is InChI=1S/C24H25N3O4/c1-12(2)19-21(22(29)17-8-7-13(3)9-14(17)4)27(24(31)26-23(19)30)20-16(6)15(5)10-25-18(20)11-28/h7-12H,1-6H3,(H,26,30,31). The van der Waals surface area contributed by atoms with E-state index in [0.717, 1.165) is 21.3 Å². The molecule has 0 saturated carbocycles. The average Bonchev–Trinajstić information content (AvgIpc) is 2.69. The molecule has 0 unspecified atom stereocenters. The number of carbonyl (C=O) groups excluding carboxylic acids is 2. The molecule has 3 aromatic rings. The van der Waals surface area contributed by atoms with Gasteiger partial charge >= 0.3 is 5.69 Å². The van der Waals surface area contributed by atoms with Crippen LogP contribution in [0.3, 0.4) is 0 Å². The summed E-state index contributed by atoms with van der Waals surface area (Å²) in [5, 5.41) is 0. The number of aromatic amines is 1. The molecule has 0 spiro atoms. The molecule has 0 saturated heterocycles. The summed E-state index contributed by atoms with van der Waals surface area (Å²) in [5.41, 5.74) is 2.42. The highest BCUT2D eigenvalue weighted by atomic mass is 16.2. The lowest BCUT2D eigenvalue weighted by molar-refractivity contribution is 0.102. The number of nitrogens with zero attached hydrogens (tertiary/aromatic N) is 2. The topological polar surface area (TPSA) is 102 Å². The predicted molar refractivity (Wildman–Crippen MR) is 119 cm³/mol. The summed E-state index contributed by atoms with van der Waals surface area (Å²) < 4.78 is 1.14. The van der Waals surface area contributed by atoms with Crippen molar-refractivity contribution in [2.75, 3.05) is 0 Å². The molecule has 1 aromatic carbocycles. The van der Waals surface area contributed by atoms with E-state index in [1.54, 1.807) is 46.8 Å². The summed E-state index contributed by atoms with van der Waals surface area (Å²) in [6.07, 6.45) is 2.08. The van der Waals surface area contributed by atoms with Gasteiger partial charge in [-0.1, -0.05) is 37.6 Å². The molecule has 160 valence electrons. The Balaban J connectivity index is 2.54. The summed E-state index contributed by atoms with van der Waals surface area (Å²) in [7, 11) is 0. The molecule has 0 aliphatic rings. The molecule has 31 heavy (non-hydrogen) atoms. The normalized spacial score (nSPS) is 11.1. The van der Waals surface area contributed by atoms with Crippen molar-refractivity contribution in [3.8, 4) is 5.69 Å². The molecule has 0 amide bonds. The third-order valence-electron chi connectivity index (χ3n) is 5.49. The summed E-state index contributed by atoms with van der Waals surface area (Å²) in [6, 6.07) is 5.37. The zero-order chi connectivity index (χ0) is 23.0. The number of rotatable bonds is 5. The molecular weight excluding hydrogens is 394 g/mol. The van der Waals surface area contributed by atoms with E-state index in [-0.39, 0.29) is 28.6 Å². The maximum atomic E-state index is 13.8. The molecule has 2 heterocycles. The Bertz CT molecular complexity index is 1330. The number of hydrogen-bond donors (Lipinski definition) is 1. The number of carbonyl (C=O) groups is 2. The van der Waals surface area contributed by atoms with E-state index in [1.165, 1.54) is 6.20 Å². The Morgan fingerprint density at radius 2 is 1.77 bits per heavy atom. The number of aromatic nitrogens is 3. The largest absolute Gasteiger partial charge is 0.333 e. The van der Waals surface area contributed by atoms with Crippen LogP contribution in [0.1, 0.15) is 74.1 Å². The van der Waals surface area contributed by atoms with Crippen molar-refractivity contribution in [2.45, 2.75) is 47.5 Å². The highest BCUT2D eigenvalue weighted by molar-refractivity contribution is 6.10. The smallest absolute Gasteiger partial charge is 0.296 e. The maximum Gasteiger partial charge on any atom is 0.333 e. The SMILES string of the molecule is Cc1ccc(C(=O)c2c(C(C)C)c(=O)[nH]c(=O)n2-c2c(C=O)ncc(C)c2C)c(C)c1. The minimum Gasteiger partial charge on any atom is -0.296 e. The number of hydrogen-bond acceptors (Lipinski definition) is 5. The van der Waals surface area contributed by atoms with Gasteiger partial charge in [-0.15, -0.1) is 0 Å². The average molecular weight is 419 g/mol. The van der Waals surface area contributed by atoms with Crippen LogP contribution >= 0.6 is 0 Å². The Kier molecular flexibility index (Phi) is 5.88. The Hall–Kier alpha value is -3.61. The highest BCUT2D eigenvalue weighted by Crippen LogP contribution is 2.26. The van der Waals surface area contributed by atoms with Gasteiger partial charge in [-0.3, -0.25) is 28.9 Å². The molecule has 0 radical (unpaired) electrons. The first-order valence-corrected chi connectivity index (χ1v) is 10.0. The van der Waals surface area contributed by atoms with Crippen molar-refractivity contribution in [3.05, 3.63) is 90.0 Å². The van der Waals surface area contributed by atoms with Crippen LogP contribution in [-0.2, 0) is 0 Å². The lowest BCUT2D eigenvalue weighted by Crippen LogP contribution is -2.38. The number of aryl methyl sites for hydroxylation is 3. The Morgan fingerprint density at radius 3 is 2.35 bits per heavy atom. The fourth-order valence-electron chi connectivity index (χ4n) is 3.79. The van der Waals surface area contributed by atoms with Gasteiger partial charge in [-0.05, 0) is 50.3 Å². The van der Waals surface area contributed by atoms with Gasteiger partial charge in [0.15, 0.2) is 6.29 Å². The third-order valence-corrected chi connectivity index (χ3v) is 5.49. The number of pyridine rings is 1. The van der Waals surface area contributed by atoms with Crippen molar-refractivity contribution in [1.29, 1.82) is 0 Å². The predicted octanol–water partition coefficient (Wildman–Crippen LogP) is 3.32. The summed E-state index contributed by atoms with van der Waals surface area (Å²) in [4.78, 5) is 57.8. The van der Waals surface area contributed by atoms with Gasteiger partial charge in [-0.2, -0.15) is 0 Å². The van der Waals surface area contributed by atoms with Gasteiger partial charge < -0.3 is 0 Å². The van der Waals surface area contributed by atoms with E-state index < -0.39 is 17.0 Å². The number of nitrogens with one attached hydrogen (secondary N) is 1. The first kappa shape index (κ1) is 22.1. The van der Waals surface area contributed by atoms with Crippen molar-refractivity contribution in [1.82, 2.24) is 14.5 Å². The van der Waals surface area contributed by atoms with Crippen molar-refractivity contribution >= 4 is 12.1 Å². The van der Waals surface area contributed by atoms with Crippen LogP contribution in [0.15, 0.2) is 34.0 Å². The summed E-state index contributed by atoms with van der Waals surface area (Å²) in [6.45, 7) is 10.8. The molecule has 0 bridgehead atoms. The van der Waals surface area contributed by atoms with E-state index in [4.69, 9.17) is 0 Å². The van der Waals surface area contributed by atoms with E-state index in [0.29, 0.717) is 17.4 Å². The molecule has 3 rings (SSSR count). The second kappa shape index (κ2) is 8.26. The fraction of sp³-hybridized carbons (Fsp3) is 0.292. The summed E-state index contributed by atoms with van der Waals surface area (Å²) in [5.74, 6) is -0.805. The third kappa shape index (κ3) is 3.79. The van der Waals surface area contributed by atoms with Crippen LogP contribution in [0.5, 0.6) is 0 Å². The van der Waals surface area contributed by atoms with Gasteiger partial charge in [0.2, 0.25) is 5.78 Å². The number of ketones is 1. The molecule has 0 aliphatic carbocycles. The van der Waals surface area contributed by atoms with Crippen LogP contribution in [0.25, 0.3) is 5.69 Å². The monoisotopic (exact) mass is 419 g/mol.